The number of nitrogens with zero attached hydrogens (tertiary/aromatic N) is 2. The molecular weight excluding hydrogens is 829 g/mol. The zero-order valence-electron chi connectivity index (χ0n) is 41.2. The zero-order valence-corrected chi connectivity index (χ0v) is 41.2. The molecular formula is C64H62N2O2. The second-order valence-electron chi connectivity index (χ2n) is 18.7. The molecule has 0 aliphatic heterocycles. The summed E-state index contributed by atoms with van der Waals surface area (Å²) < 4.78 is 12.6. The Hall–Kier alpha value is -7.40. The van der Waals surface area contributed by atoms with Crippen LogP contribution in [-0.2, 0) is 4.74 Å². The predicted octanol–water partition coefficient (Wildman–Crippen LogP) is 19.0. The molecule has 0 saturated carbocycles. The normalized spacial score (nSPS) is 12.6. The van der Waals surface area contributed by atoms with Gasteiger partial charge in [-0.3, -0.25) is 0 Å². The summed E-state index contributed by atoms with van der Waals surface area (Å²) in [6.45, 7) is 23.9. The van der Waals surface area contributed by atoms with E-state index in [9.17, 15) is 0 Å². The largest absolute Gasteiger partial charge is 0.454 e. The number of hydrogen-bond donors (Lipinski definition) is 0. The third-order valence-electron chi connectivity index (χ3n) is 13.4. The van der Waals surface area contributed by atoms with E-state index in [1.165, 1.54) is 49.0 Å². The number of ether oxygens (including phenoxy) is 1. The number of furan rings is 1. The van der Waals surface area contributed by atoms with Gasteiger partial charge in [-0.05, 0) is 143 Å². The molecule has 1 heterocycles. The Balaban J connectivity index is 0.00000285. The van der Waals surface area contributed by atoms with E-state index in [4.69, 9.17) is 9.15 Å². The average Bonchev–Trinajstić information content (AvgIpc) is 3.75. The van der Waals surface area contributed by atoms with E-state index in [0.717, 1.165) is 72.8 Å². The van der Waals surface area contributed by atoms with Gasteiger partial charge in [0, 0.05) is 45.7 Å². The lowest BCUT2D eigenvalue weighted by Crippen LogP contribution is -2.21. The number of anilines is 6. The van der Waals surface area contributed by atoms with Crippen LogP contribution in [-0.4, -0.2) is 13.2 Å². The first-order valence-electron chi connectivity index (χ1n) is 24.0. The quantitative estimate of drug-likeness (QED) is 0.0956. The molecule has 0 aliphatic carbocycles. The van der Waals surface area contributed by atoms with Crippen LogP contribution in [0.15, 0.2) is 193 Å². The summed E-state index contributed by atoms with van der Waals surface area (Å²) in [5.74, 6) is 0. The summed E-state index contributed by atoms with van der Waals surface area (Å²) >= 11 is 0. The van der Waals surface area contributed by atoms with Gasteiger partial charge in [-0.15, -0.1) is 0 Å². The fourth-order valence-corrected chi connectivity index (χ4v) is 10.1. The second-order valence-corrected chi connectivity index (χ2v) is 18.7. The highest BCUT2D eigenvalue weighted by molar-refractivity contribution is 6.29. The molecule has 0 bridgehead atoms. The first kappa shape index (κ1) is 45.7. The van der Waals surface area contributed by atoms with E-state index >= 15 is 0 Å². The molecule has 340 valence electrons. The van der Waals surface area contributed by atoms with Crippen molar-refractivity contribution in [2.24, 2.45) is 5.41 Å². The van der Waals surface area contributed by atoms with Crippen molar-refractivity contribution >= 4 is 94.0 Å². The molecule has 4 nitrogen and oxygen atoms in total. The number of fused-ring (bicyclic) bond motifs is 3. The summed E-state index contributed by atoms with van der Waals surface area (Å²) in [5.41, 5.74) is 15.0. The van der Waals surface area contributed by atoms with Gasteiger partial charge >= 0.3 is 0 Å². The van der Waals surface area contributed by atoms with Gasteiger partial charge in [0.1, 0.15) is 5.58 Å². The Morgan fingerprint density at radius 1 is 0.544 bits per heavy atom. The van der Waals surface area contributed by atoms with Crippen molar-refractivity contribution in [1.82, 2.24) is 0 Å². The van der Waals surface area contributed by atoms with Crippen molar-refractivity contribution in [2.75, 3.05) is 16.9 Å². The topological polar surface area (TPSA) is 28.9 Å². The van der Waals surface area contributed by atoms with Gasteiger partial charge in [-0.1, -0.05) is 163 Å². The Bertz CT molecular complexity index is 3510. The molecule has 0 spiro atoms. The Kier molecular flexibility index (Phi) is 12.6. The van der Waals surface area contributed by atoms with Crippen molar-refractivity contribution in [3.8, 4) is 0 Å². The van der Waals surface area contributed by atoms with Crippen molar-refractivity contribution in [3.63, 3.8) is 0 Å². The smallest absolute Gasteiger partial charge is 0.159 e. The van der Waals surface area contributed by atoms with E-state index in [1.54, 1.807) is 7.11 Å². The molecule has 0 amide bonds. The highest BCUT2D eigenvalue weighted by Gasteiger charge is 2.26. The molecule has 68 heavy (non-hydrogen) atoms. The lowest BCUT2D eigenvalue weighted by molar-refractivity contribution is 0.130. The Morgan fingerprint density at radius 2 is 1.06 bits per heavy atom. The molecule has 0 saturated heterocycles. The summed E-state index contributed by atoms with van der Waals surface area (Å²) in [6, 6.07) is 57.2. The van der Waals surface area contributed by atoms with Gasteiger partial charge in [-0.2, -0.15) is 0 Å². The lowest BCUT2D eigenvalue weighted by Gasteiger charge is -2.30. The highest BCUT2D eigenvalue weighted by atomic mass is 16.5. The number of para-hydroxylation sites is 4. The van der Waals surface area contributed by atoms with Gasteiger partial charge < -0.3 is 19.0 Å². The summed E-state index contributed by atoms with van der Waals surface area (Å²) in [4.78, 5) is 4.80. The molecule has 0 fully saturated rings. The molecule has 0 aliphatic rings. The Labute approximate surface area is 402 Å². The number of hydrogen-bond acceptors (Lipinski definition) is 4. The maximum Gasteiger partial charge on any atom is 0.159 e. The van der Waals surface area contributed by atoms with Crippen LogP contribution in [0, 0.1) is 26.2 Å². The molecule has 1 unspecified atom stereocenters. The maximum absolute atomic E-state index is 6.85. The van der Waals surface area contributed by atoms with E-state index in [1.807, 2.05) is 13.8 Å². The van der Waals surface area contributed by atoms with Crippen LogP contribution in [0.5, 0.6) is 0 Å². The lowest BCUT2D eigenvalue weighted by atomic mass is 9.83. The number of allylic oxidation sites excluding steroid dienone is 4. The van der Waals surface area contributed by atoms with Crippen LogP contribution in [0.1, 0.15) is 63.8 Å². The van der Waals surface area contributed by atoms with Crippen molar-refractivity contribution in [1.29, 1.82) is 0 Å². The third kappa shape index (κ3) is 8.13. The Morgan fingerprint density at radius 3 is 1.65 bits per heavy atom. The first-order chi connectivity index (χ1) is 32.9. The molecule has 4 heteroatoms. The summed E-state index contributed by atoms with van der Waals surface area (Å²) in [7, 11) is 1.77. The van der Waals surface area contributed by atoms with E-state index in [2.05, 4.69) is 241 Å². The molecule has 10 rings (SSSR count). The van der Waals surface area contributed by atoms with Crippen molar-refractivity contribution < 1.29 is 9.15 Å². The fourth-order valence-electron chi connectivity index (χ4n) is 10.1. The minimum absolute atomic E-state index is 0.0136. The SMILES string of the molecule is C=C(/C=C\C=C(/C(C)OC)C(C)(C)C)c1cccc(N(c2ccccc2)c2cc(C)c3ccc4c(N(c5ccccc5)c5cccc6c5oc5c(C)cccc56)cc(C)c5ccc2c3c54)c1.CC. The highest BCUT2D eigenvalue weighted by Crippen LogP contribution is 2.50. The van der Waals surface area contributed by atoms with Crippen LogP contribution in [0.4, 0.5) is 34.1 Å². The van der Waals surface area contributed by atoms with Gasteiger partial charge in [-0.25, -0.2) is 0 Å². The first-order valence-corrected chi connectivity index (χ1v) is 24.0. The minimum Gasteiger partial charge on any atom is -0.454 e. The monoisotopic (exact) mass is 890 g/mol. The van der Waals surface area contributed by atoms with Crippen LogP contribution in [0.2, 0.25) is 0 Å². The van der Waals surface area contributed by atoms with Crippen molar-refractivity contribution in [2.45, 2.75) is 68.4 Å². The van der Waals surface area contributed by atoms with Crippen LogP contribution in [0.25, 0.3) is 59.8 Å². The van der Waals surface area contributed by atoms with Gasteiger partial charge in [0.05, 0.1) is 23.2 Å². The van der Waals surface area contributed by atoms with Crippen molar-refractivity contribution in [3.05, 3.63) is 210 Å². The summed E-state index contributed by atoms with van der Waals surface area (Å²) in [6.07, 6.45) is 6.41. The van der Waals surface area contributed by atoms with Gasteiger partial charge in [0.15, 0.2) is 5.58 Å². The number of methoxy groups -OCH3 is 1. The standard InChI is InChI=1S/C62H56N2O2.C2H6/c1-39(20-17-30-54(43(5)65-9)62(6,7)8)44-22-18-27-47(38-44)63(45-23-12-10-13-24-45)56-36-41(3)48-33-35-53-57(37-42(4)49-32-34-52(56)58(48)59(49)53)64(46-25-14-11-15-26-46)55-31-19-29-51-50-28-16-21-40(2)60(50)66-61(51)55;1-2/h10-38,43H,1H2,2-9H3;1-2H3/b20-17-,54-30+;. The van der Waals surface area contributed by atoms with Crippen LogP contribution in [0.3, 0.4) is 0 Å². The van der Waals surface area contributed by atoms with E-state index in [0.29, 0.717) is 0 Å². The predicted molar refractivity (Wildman–Crippen MR) is 295 cm³/mol. The van der Waals surface area contributed by atoms with Gasteiger partial charge in [0.2, 0.25) is 0 Å². The number of rotatable bonds is 11. The number of benzene rings is 9. The number of aryl methyl sites for hydroxylation is 3. The van der Waals surface area contributed by atoms with Crippen LogP contribution >= 0.6 is 0 Å². The minimum atomic E-state index is -0.0269. The molecule has 0 N–H and O–H groups in total. The van der Waals surface area contributed by atoms with Gasteiger partial charge in [0.25, 0.3) is 0 Å². The maximum atomic E-state index is 6.85. The molecule has 0 radical (unpaired) electrons. The average molecular weight is 891 g/mol. The second kappa shape index (κ2) is 18.7. The molecule has 9 aromatic carbocycles. The molecule has 10 aromatic rings. The molecule has 1 atom stereocenters. The van der Waals surface area contributed by atoms with Crippen LogP contribution < -0.4 is 9.80 Å². The molecule has 1 aromatic heterocycles. The van der Waals surface area contributed by atoms with E-state index < -0.39 is 0 Å². The summed E-state index contributed by atoms with van der Waals surface area (Å²) in [5, 5.41) is 9.60. The van der Waals surface area contributed by atoms with E-state index in [-0.39, 0.29) is 11.5 Å². The fraction of sp³-hybridized carbons (Fsp3) is 0.188. The zero-order chi connectivity index (χ0) is 47.9. The third-order valence-corrected chi connectivity index (χ3v) is 13.4.